The van der Waals surface area contributed by atoms with E-state index in [0.29, 0.717) is 208 Å². The zero-order chi connectivity index (χ0) is 69.3. The predicted molar refractivity (Wildman–Crippen MR) is 362 cm³/mol. The smallest absolute Gasteiger partial charge is 0.315 e. The van der Waals surface area contributed by atoms with Crippen LogP contribution in [0, 0.1) is 0 Å². The van der Waals surface area contributed by atoms with Gasteiger partial charge in [0.1, 0.15) is 6.04 Å². The quantitative estimate of drug-likeness (QED) is 0.0333. The van der Waals surface area contributed by atoms with Crippen molar-refractivity contribution in [3.8, 4) is 0 Å². The number of Topliss-reactive ketones (excluding diaryl/α,β-unsaturated/α-hetero) is 1. The molecular formula is C66H122N8O20S. The third-order valence-electron chi connectivity index (χ3n) is 14.5. The minimum Gasteiger partial charge on any atom is -0.379 e. The van der Waals surface area contributed by atoms with E-state index in [4.69, 9.17) is 62.6 Å². The van der Waals surface area contributed by atoms with E-state index in [-0.39, 0.29) is 68.0 Å². The highest BCUT2D eigenvalue weighted by Gasteiger charge is 2.31. The molecule has 1 rings (SSSR count). The maximum atomic E-state index is 12.8. The summed E-state index contributed by atoms with van der Waals surface area (Å²) < 4.78 is 66.2. The molecule has 0 aromatic rings. The molecule has 1 unspecified atom stereocenters. The average molecular weight is 1380 g/mol. The highest BCUT2D eigenvalue weighted by Crippen LogP contribution is 2.26. The number of unbranched alkanes of at least 4 members (excludes halogenated alkanes) is 12. The Balaban J connectivity index is 1.76. The fourth-order valence-corrected chi connectivity index (χ4v) is 9.67. The second-order valence-electron chi connectivity index (χ2n) is 23.0. The average Bonchev–Trinajstić information content (AvgIpc) is 1.71. The minimum atomic E-state index is -0.906. The zero-order valence-electron chi connectivity index (χ0n) is 58.1. The summed E-state index contributed by atoms with van der Waals surface area (Å²) >= 11 is 1.36. The van der Waals surface area contributed by atoms with Gasteiger partial charge in [-0.1, -0.05) is 71.1 Å². The lowest BCUT2D eigenvalue weighted by Gasteiger charge is -2.23. The van der Waals surface area contributed by atoms with Gasteiger partial charge in [-0.25, -0.2) is 4.79 Å². The number of hydrogen-bond acceptors (Lipinski definition) is 22. The zero-order valence-corrected chi connectivity index (χ0v) is 58.9. The molecule has 1 aliphatic rings. The summed E-state index contributed by atoms with van der Waals surface area (Å²) in [5.41, 5.74) is 4.62. The van der Waals surface area contributed by atoms with Crippen molar-refractivity contribution >= 4 is 59.0 Å². The largest absolute Gasteiger partial charge is 0.379 e. The number of nitrogens with two attached hydrogens (primary N) is 1. The van der Waals surface area contributed by atoms with Gasteiger partial charge in [-0.2, -0.15) is 0 Å². The molecule has 8 amide bonds. The SMILES string of the molecule is CCCCCCCCCCCC(=O)NC(CCCCNC(=O)CCOCCOCCOCCOCCOCCOCCOCCOCCOCCOCCOCCOCCNC(=O)CCN1C(=O)C=C(SCCCCCCNCCNC(=O)NC(C)(C)C(C)=O)C1=O)C(N)=O. The third-order valence-corrected chi connectivity index (χ3v) is 15.6. The van der Waals surface area contributed by atoms with Crippen LogP contribution in [0.5, 0.6) is 0 Å². The van der Waals surface area contributed by atoms with Gasteiger partial charge in [0.25, 0.3) is 11.8 Å². The summed E-state index contributed by atoms with van der Waals surface area (Å²) in [7, 11) is 0. The van der Waals surface area contributed by atoms with E-state index < -0.39 is 23.4 Å². The second-order valence-corrected chi connectivity index (χ2v) is 24.2. The van der Waals surface area contributed by atoms with Crippen molar-refractivity contribution in [2.24, 2.45) is 5.73 Å². The molecule has 95 heavy (non-hydrogen) atoms. The fourth-order valence-electron chi connectivity index (χ4n) is 8.68. The number of nitrogens with one attached hydrogen (secondary N) is 6. The van der Waals surface area contributed by atoms with Gasteiger partial charge in [0.05, 0.1) is 169 Å². The first-order valence-electron chi connectivity index (χ1n) is 34.7. The normalized spacial score (nSPS) is 12.7. The van der Waals surface area contributed by atoms with Gasteiger partial charge >= 0.3 is 6.03 Å². The number of primary amides is 1. The molecule has 0 aromatic heterocycles. The number of nitrogens with zero attached hydrogens (tertiary/aromatic N) is 1. The lowest BCUT2D eigenvalue weighted by atomic mass is 10.0. The Labute approximate surface area is 570 Å². The summed E-state index contributed by atoms with van der Waals surface area (Å²) in [6.45, 7) is 19.5. The molecule has 0 spiro atoms. The number of rotatable bonds is 72. The maximum absolute atomic E-state index is 12.8. The van der Waals surface area contributed by atoms with Crippen LogP contribution in [0.4, 0.5) is 4.79 Å². The molecule has 8 N–H and O–H groups in total. The lowest BCUT2D eigenvalue weighted by Crippen LogP contribution is -2.53. The third kappa shape index (κ3) is 56.1. The molecule has 1 aliphatic heterocycles. The number of carbonyl (C=O) groups is 8. The summed E-state index contributed by atoms with van der Waals surface area (Å²) in [6, 6.07) is -1.07. The van der Waals surface area contributed by atoms with Crippen molar-refractivity contribution in [1.82, 2.24) is 36.8 Å². The molecular weight excluding hydrogens is 1260 g/mol. The molecule has 552 valence electrons. The van der Waals surface area contributed by atoms with Crippen LogP contribution in [0.1, 0.15) is 150 Å². The highest BCUT2D eigenvalue weighted by molar-refractivity contribution is 8.04. The predicted octanol–water partition coefficient (Wildman–Crippen LogP) is 4.06. The summed E-state index contributed by atoms with van der Waals surface area (Å²) in [5, 5.41) is 17.0. The Morgan fingerprint density at radius 1 is 0.463 bits per heavy atom. The first-order valence-corrected chi connectivity index (χ1v) is 35.7. The van der Waals surface area contributed by atoms with Gasteiger partial charge in [0, 0.05) is 58.1 Å². The van der Waals surface area contributed by atoms with Crippen molar-refractivity contribution in [3.05, 3.63) is 11.0 Å². The Bertz CT molecular complexity index is 2020. The van der Waals surface area contributed by atoms with Crippen LogP contribution in [0.25, 0.3) is 0 Å². The highest BCUT2D eigenvalue weighted by atomic mass is 32.2. The molecule has 0 aliphatic carbocycles. The molecule has 1 atom stereocenters. The molecule has 1 heterocycles. The van der Waals surface area contributed by atoms with Gasteiger partial charge < -0.3 is 94.5 Å². The van der Waals surface area contributed by atoms with Gasteiger partial charge in [0.15, 0.2) is 5.78 Å². The molecule has 0 saturated heterocycles. The summed E-state index contributed by atoms with van der Waals surface area (Å²) in [6.07, 6.45) is 18.1. The van der Waals surface area contributed by atoms with E-state index in [1.54, 1.807) is 13.8 Å². The monoisotopic (exact) mass is 1380 g/mol. The van der Waals surface area contributed by atoms with Crippen LogP contribution in [-0.4, -0.2) is 267 Å². The molecule has 0 aromatic carbocycles. The number of imide groups is 1. The number of carbonyl (C=O) groups excluding carboxylic acids is 8. The maximum Gasteiger partial charge on any atom is 0.315 e. The van der Waals surface area contributed by atoms with Crippen LogP contribution in [0.3, 0.4) is 0 Å². The number of thioether (sulfide) groups is 1. The Hall–Kier alpha value is -4.47. The fraction of sp³-hybridized carbons (Fsp3) is 0.848. The molecule has 0 saturated carbocycles. The molecule has 0 radical (unpaired) electrons. The molecule has 29 heteroatoms. The Morgan fingerprint density at radius 2 is 0.884 bits per heavy atom. The second kappa shape index (κ2) is 64.2. The van der Waals surface area contributed by atoms with Crippen LogP contribution >= 0.6 is 11.8 Å². The molecule has 0 fully saturated rings. The van der Waals surface area contributed by atoms with Crippen LogP contribution in [-0.2, 0) is 90.4 Å². The van der Waals surface area contributed by atoms with E-state index in [0.717, 1.165) is 56.4 Å². The number of urea groups is 1. The van der Waals surface area contributed by atoms with Crippen LogP contribution in [0.15, 0.2) is 11.0 Å². The van der Waals surface area contributed by atoms with Crippen molar-refractivity contribution in [2.45, 2.75) is 161 Å². The van der Waals surface area contributed by atoms with Crippen molar-refractivity contribution in [3.63, 3.8) is 0 Å². The van der Waals surface area contributed by atoms with E-state index >= 15 is 0 Å². The number of ketones is 1. The number of hydrogen-bond donors (Lipinski definition) is 7. The van der Waals surface area contributed by atoms with Gasteiger partial charge in [-0.05, 0) is 71.6 Å². The van der Waals surface area contributed by atoms with E-state index in [1.807, 2.05) is 0 Å². The van der Waals surface area contributed by atoms with E-state index in [1.165, 1.54) is 63.3 Å². The minimum absolute atomic E-state index is 0.00110. The molecule has 28 nitrogen and oxygen atoms in total. The standard InChI is InChI=1S/C66H122N8O20S/c1-5-6-7-8-9-10-11-12-15-21-61(78)72-57(63(67)80)20-16-18-25-69-60(77)23-30-83-32-34-85-36-38-87-40-42-89-44-46-91-48-50-93-52-53-94-51-49-92-47-45-90-43-41-88-39-37-86-35-33-84-31-28-70-59(76)22-29-74-62(79)55-58(64(74)81)95-54-19-14-13-17-24-68-26-27-71-65(82)73-66(3,4)56(2)75/h55,57,68H,5-54H2,1-4H3,(H2,67,80)(H,69,77)(H,70,76)(H,72,78)(H2,71,73,82). The van der Waals surface area contributed by atoms with Crippen molar-refractivity contribution in [1.29, 1.82) is 0 Å². The van der Waals surface area contributed by atoms with Crippen molar-refractivity contribution in [2.75, 3.05) is 204 Å². The van der Waals surface area contributed by atoms with Gasteiger partial charge in [0.2, 0.25) is 23.6 Å². The Kier molecular flexibility index (Phi) is 59.9. The first-order chi connectivity index (χ1) is 46.2. The molecule has 0 bridgehead atoms. The van der Waals surface area contributed by atoms with Crippen LogP contribution in [0.2, 0.25) is 0 Å². The number of ether oxygens (including phenoxy) is 12. The van der Waals surface area contributed by atoms with E-state index in [9.17, 15) is 38.4 Å². The van der Waals surface area contributed by atoms with Gasteiger partial charge in [-0.3, -0.25) is 38.5 Å². The van der Waals surface area contributed by atoms with Crippen molar-refractivity contribution < 1.29 is 95.2 Å². The number of amides is 8. The van der Waals surface area contributed by atoms with Gasteiger partial charge in [-0.15, -0.1) is 11.8 Å². The topological polar surface area (TPSA) is 349 Å². The first kappa shape index (κ1) is 88.5. The lowest BCUT2D eigenvalue weighted by molar-refractivity contribution is -0.137. The Morgan fingerprint density at radius 3 is 1.37 bits per heavy atom. The summed E-state index contributed by atoms with van der Waals surface area (Å²) in [4.78, 5) is 98.9. The van der Waals surface area contributed by atoms with Crippen LogP contribution < -0.4 is 37.6 Å². The summed E-state index contributed by atoms with van der Waals surface area (Å²) in [5.74, 6) is -1.25. The van der Waals surface area contributed by atoms with E-state index in [2.05, 4.69) is 38.8 Å².